The molecule has 0 amide bonds. The van der Waals surface area contributed by atoms with Gasteiger partial charge in [-0.15, -0.1) is 0 Å². The Morgan fingerprint density at radius 2 is 0.333 bits per heavy atom. The van der Waals surface area contributed by atoms with Crippen LogP contribution in [0.25, 0.3) is 0 Å². The van der Waals surface area contributed by atoms with Crippen molar-refractivity contribution in [1.82, 2.24) is 0 Å². The summed E-state index contributed by atoms with van der Waals surface area (Å²) in [6.45, 7) is 0. The maximum Gasteiger partial charge on any atom is 2.00 e. The second-order valence-corrected chi connectivity index (χ2v) is 0. The van der Waals surface area contributed by atoms with E-state index in [1.165, 1.54) is 0 Å². The van der Waals surface area contributed by atoms with Crippen molar-refractivity contribution in [3.8, 4) is 0 Å². The molecule has 0 radical (unpaired) electrons. The third kappa shape index (κ3) is 23.2. The van der Waals surface area contributed by atoms with E-state index in [-0.39, 0.29) is 159 Å². The van der Waals surface area contributed by atoms with Crippen LogP contribution in [0, 0.1) is 0 Å². The van der Waals surface area contributed by atoms with Crippen LogP contribution in [-0.4, -0.2) is 91.0 Å². The van der Waals surface area contributed by atoms with E-state index in [0.717, 1.165) is 0 Å². The molecule has 0 fully saturated rings. The fourth-order valence-electron chi connectivity index (χ4n) is 0. The van der Waals surface area contributed by atoms with E-state index in [2.05, 4.69) is 0 Å². The molecule has 6 heavy (non-hydrogen) atoms. The van der Waals surface area contributed by atoms with Gasteiger partial charge in [0.2, 0.25) is 0 Å². The Labute approximate surface area is 154 Å². The van der Waals surface area contributed by atoms with Gasteiger partial charge >= 0.3 is 91.0 Å². The molecule has 0 unspecified atom stereocenters. The van der Waals surface area contributed by atoms with Gasteiger partial charge in [0.1, 0.15) is 0 Å². The first-order valence-electron chi connectivity index (χ1n) is 0. The van der Waals surface area contributed by atoms with Crippen LogP contribution in [0.4, 0.5) is 0 Å². The molecule has 0 atom stereocenters. The van der Waals surface area contributed by atoms with Crippen LogP contribution in [0.5, 0.6) is 0 Å². The SMILES string of the molecule is [Br-].[Br-].[Br-].[Br-].[Sr+2].[Sr+2]. The molecular weight excluding hydrogens is 495 g/mol. The van der Waals surface area contributed by atoms with E-state index in [4.69, 9.17) is 0 Å². The molecule has 0 saturated heterocycles. The van der Waals surface area contributed by atoms with Gasteiger partial charge in [-0.3, -0.25) is 0 Å². The fraction of sp³-hybridized carbons (Fsp3) is 0. The number of rotatable bonds is 0. The number of halogens is 4. The molecule has 0 aromatic carbocycles. The molecule has 0 aliphatic carbocycles. The first-order valence-corrected chi connectivity index (χ1v) is 0. The zero-order chi connectivity index (χ0) is 0. The van der Waals surface area contributed by atoms with E-state index in [1.807, 2.05) is 0 Å². The van der Waals surface area contributed by atoms with E-state index in [9.17, 15) is 0 Å². The zero-order valence-electron chi connectivity index (χ0n) is 2.93. The van der Waals surface area contributed by atoms with Gasteiger partial charge in [0.25, 0.3) is 0 Å². The molecular formula is Br4Sr2. The summed E-state index contributed by atoms with van der Waals surface area (Å²) < 4.78 is 0. The van der Waals surface area contributed by atoms with Gasteiger partial charge in [0, 0.05) is 0 Å². The molecule has 32 valence electrons. The number of hydrogen-bond donors (Lipinski definition) is 0. The summed E-state index contributed by atoms with van der Waals surface area (Å²) >= 11 is 0. The Kier molecular flexibility index (Phi) is 243. The Hall–Kier alpha value is 4.88. The third-order valence-corrected chi connectivity index (χ3v) is 0. The van der Waals surface area contributed by atoms with Gasteiger partial charge in [0.05, 0.1) is 0 Å². The second-order valence-electron chi connectivity index (χ2n) is 0. The predicted molar refractivity (Wildman–Crippen MR) is 11.5 cm³/mol. The molecule has 0 saturated carbocycles. The summed E-state index contributed by atoms with van der Waals surface area (Å²) in [6.07, 6.45) is 0. The maximum atomic E-state index is 0. The summed E-state index contributed by atoms with van der Waals surface area (Å²) in [6, 6.07) is 0. The second kappa shape index (κ2) is 32.7. The Morgan fingerprint density at radius 1 is 0.333 bits per heavy atom. The van der Waals surface area contributed by atoms with Crippen molar-refractivity contribution >= 4 is 91.0 Å². The normalized spacial score (nSPS) is 0. The molecule has 0 nitrogen and oxygen atoms in total. The minimum Gasteiger partial charge on any atom is -1.00 e. The minimum absolute atomic E-state index is 0. The fourth-order valence-corrected chi connectivity index (χ4v) is 0. The first-order chi connectivity index (χ1) is 0. The summed E-state index contributed by atoms with van der Waals surface area (Å²) in [5.74, 6) is 0. The standard InChI is InChI=1S/4BrH.2Sr/h4*1H;;/q;;;;2*+2/p-4. The first kappa shape index (κ1) is 44.6. The summed E-state index contributed by atoms with van der Waals surface area (Å²) in [5, 5.41) is 0. The van der Waals surface area contributed by atoms with E-state index in [1.54, 1.807) is 0 Å². The number of hydrogen-bond acceptors (Lipinski definition) is 0. The molecule has 0 heterocycles. The molecule has 0 N–H and O–H groups in total. The predicted octanol–water partition coefficient (Wildman–Crippen LogP) is -12.7. The Morgan fingerprint density at radius 3 is 0.333 bits per heavy atom. The van der Waals surface area contributed by atoms with Crippen molar-refractivity contribution in [3.05, 3.63) is 0 Å². The average molecular weight is 495 g/mol. The molecule has 0 aromatic heterocycles. The van der Waals surface area contributed by atoms with Crippen LogP contribution >= 0.6 is 0 Å². The van der Waals surface area contributed by atoms with Crippen LogP contribution in [0.2, 0.25) is 0 Å². The molecule has 6 heteroatoms. The van der Waals surface area contributed by atoms with Gasteiger partial charge in [0.15, 0.2) is 0 Å². The van der Waals surface area contributed by atoms with E-state index in [0.29, 0.717) is 0 Å². The molecule has 0 aliphatic heterocycles. The summed E-state index contributed by atoms with van der Waals surface area (Å²) in [4.78, 5) is 0. The zero-order valence-corrected chi connectivity index (χ0v) is 16.2. The van der Waals surface area contributed by atoms with Crippen molar-refractivity contribution in [2.45, 2.75) is 0 Å². The molecule has 0 aromatic rings. The average Bonchev–Trinajstić information content (AvgIpc) is 0. The Bertz CT molecular complexity index is 5.51. The van der Waals surface area contributed by atoms with Gasteiger partial charge < -0.3 is 67.9 Å². The van der Waals surface area contributed by atoms with Crippen LogP contribution < -0.4 is 67.9 Å². The van der Waals surface area contributed by atoms with Crippen molar-refractivity contribution in [2.75, 3.05) is 0 Å². The van der Waals surface area contributed by atoms with Crippen LogP contribution in [0.15, 0.2) is 0 Å². The van der Waals surface area contributed by atoms with Crippen LogP contribution in [-0.2, 0) is 0 Å². The Balaban J connectivity index is 0. The molecule has 0 spiro atoms. The minimum atomic E-state index is 0. The largest absolute Gasteiger partial charge is 2.00 e. The smallest absolute Gasteiger partial charge is 1.00 e. The van der Waals surface area contributed by atoms with Gasteiger partial charge in [-0.2, -0.15) is 0 Å². The van der Waals surface area contributed by atoms with Gasteiger partial charge in [-0.25, -0.2) is 0 Å². The summed E-state index contributed by atoms with van der Waals surface area (Å²) in [5.41, 5.74) is 0. The van der Waals surface area contributed by atoms with Crippen LogP contribution in [0.3, 0.4) is 0 Å². The van der Waals surface area contributed by atoms with Crippen molar-refractivity contribution in [2.24, 2.45) is 0 Å². The van der Waals surface area contributed by atoms with E-state index < -0.39 is 0 Å². The monoisotopic (exact) mass is 491 g/mol. The van der Waals surface area contributed by atoms with Gasteiger partial charge in [-0.05, 0) is 0 Å². The van der Waals surface area contributed by atoms with Crippen molar-refractivity contribution < 1.29 is 67.9 Å². The molecule has 0 rings (SSSR count). The molecule has 0 bridgehead atoms. The summed E-state index contributed by atoms with van der Waals surface area (Å²) in [7, 11) is 0. The van der Waals surface area contributed by atoms with Gasteiger partial charge in [-0.1, -0.05) is 0 Å². The molecule has 0 aliphatic rings. The maximum absolute atomic E-state index is 0. The third-order valence-electron chi connectivity index (χ3n) is 0. The quantitative estimate of drug-likeness (QED) is 0.294. The topological polar surface area (TPSA) is 0 Å². The van der Waals surface area contributed by atoms with Crippen LogP contribution in [0.1, 0.15) is 0 Å². The van der Waals surface area contributed by atoms with E-state index >= 15 is 0 Å². The van der Waals surface area contributed by atoms with Crippen molar-refractivity contribution in [3.63, 3.8) is 0 Å². The van der Waals surface area contributed by atoms with Crippen molar-refractivity contribution in [1.29, 1.82) is 0 Å².